The molecule has 0 spiro atoms. The Bertz CT molecular complexity index is 705. The second-order valence-corrected chi connectivity index (χ2v) is 3.76. The van der Waals surface area contributed by atoms with Crippen molar-refractivity contribution in [3.05, 3.63) is 35.7 Å². The molecular formula is C11H6ClN3O. The van der Waals surface area contributed by atoms with Crippen LogP contribution < -0.4 is 0 Å². The van der Waals surface area contributed by atoms with Crippen molar-refractivity contribution in [1.29, 1.82) is 0 Å². The van der Waals surface area contributed by atoms with Crippen molar-refractivity contribution in [2.24, 2.45) is 0 Å². The number of hydrogen-bond acceptors (Lipinski definition) is 3. The zero-order valence-corrected chi connectivity index (χ0v) is 8.85. The number of aromatic nitrogens is 3. The lowest BCUT2D eigenvalue weighted by Gasteiger charge is -1.94. The summed E-state index contributed by atoms with van der Waals surface area (Å²) in [5.41, 5.74) is 1.35. The van der Waals surface area contributed by atoms with Gasteiger partial charge in [-0.25, -0.2) is 4.98 Å². The first-order chi connectivity index (χ1) is 7.81. The highest BCUT2D eigenvalue weighted by Gasteiger charge is 2.11. The average molecular weight is 232 g/mol. The van der Waals surface area contributed by atoms with E-state index < -0.39 is 0 Å². The fourth-order valence-corrected chi connectivity index (χ4v) is 1.99. The summed E-state index contributed by atoms with van der Waals surface area (Å²) in [4.78, 5) is 19.3. The molecule has 0 N–H and O–H groups in total. The molecule has 0 fully saturated rings. The fraction of sp³-hybridized carbons (Fsp3) is 0. The van der Waals surface area contributed by atoms with E-state index in [0.717, 1.165) is 22.7 Å². The van der Waals surface area contributed by atoms with Gasteiger partial charge in [0.2, 0.25) is 6.41 Å². The molecule has 4 nitrogen and oxygen atoms in total. The number of nitrogens with zero attached hydrogens (tertiary/aromatic N) is 3. The van der Waals surface area contributed by atoms with E-state index in [1.807, 2.05) is 6.07 Å². The monoisotopic (exact) mass is 231 g/mol. The van der Waals surface area contributed by atoms with Crippen LogP contribution in [0.4, 0.5) is 0 Å². The van der Waals surface area contributed by atoms with Crippen molar-refractivity contribution >= 4 is 39.9 Å². The van der Waals surface area contributed by atoms with Crippen LogP contribution in [0, 0.1) is 0 Å². The van der Waals surface area contributed by atoms with Crippen molar-refractivity contribution in [1.82, 2.24) is 14.5 Å². The third-order valence-corrected chi connectivity index (χ3v) is 2.73. The van der Waals surface area contributed by atoms with Gasteiger partial charge in [0.1, 0.15) is 10.8 Å². The van der Waals surface area contributed by atoms with Gasteiger partial charge in [-0.05, 0) is 18.2 Å². The quantitative estimate of drug-likeness (QED) is 0.477. The molecule has 0 aliphatic rings. The second-order valence-electron chi connectivity index (χ2n) is 3.37. The van der Waals surface area contributed by atoms with Crippen LogP contribution in [0.25, 0.3) is 21.9 Å². The molecular weight excluding hydrogens is 226 g/mol. The predicted molar refractivity (Wildman–Crippen MR) is 62.2 cm³/mol. The Morgan fingerprint density at radius 1 is 1.25 bits per heavy atom. The minimum Gasteiger partial charge on any atom is -0.278 e. The Hall–Kier alpha value is -1.94. The molecule has 0 bridgehead atoms. The van der Waals surface area contributed by atoms with Crippen LogP contribution >= 0.6 is 11.6 Å². The van der Waals surface area contributed by atoms with Gasteiger partial charge in [-0.15, -0.1) is 0 Å². The minimum absolute atomic E-state index is 0.367. The van der Waals surface area contributed by atoms with Gasteiger partial charge >= 0.3 is 0 Å². The van der Waals surface area contributed by atoms with Crippen LogP contribution in [0.3, 0.4) is 0 Å². The Morgan fingerprint density at radius 3 is 2.94 bits per heavy atom. The largest absolute Gasteiger partial charge is 0.278 e. The van der Waals surface area contributed by atoms with Gasteiger partial charge in [-0.2, -0.15) is 0 Å². The highest BCUT2D eigenvalue weighted by atomic mass is 35.5. The van der Waals surface area contributed by atoms with Gasteiger partial charge in [-0.3, -0.25) is 14.3 Å². The van der Waals surface area contributed by atoms with Gasteiger partial charge in [0.25, 0.3) is 0 Å². The van der Waals surface area contributed by atoms with Crippen molar-refractivity contribution in [3.63, 3.8) is 0 Å². The van der Waals surface area contributed by atoms with Crippen LogP contribution in [-0.4, -0.2) is 20.9 Å². The van der Waals surface area contributed by atoms with Crippen LogP contribution in [0.1, 0.15) is 0 Å². The normalized spacial score (nSPS) is 11.1. The van der Waals surface area contributed by atoms with E-state index in [1.54, 1.807) is 24.5 Å². The van der Waals surface area contributed by atoms with E-state index in [2.05, 4.69) is 9.97 Å². The number of pyridine rings is 2. The lowest BCUT2D eigenvalue weighted by Crippen LogP contribution is -1.95. The molecule has 3 aromatic rings. The highest BCUT2D eigenvalue weighted by Crippen LogP contribution is 2.26. The molecule has 0 amide bonds. The van der Waals surface area contributed by atoms with Crippen LogP contribution in [-0.2, 0) is 4.79 Å². The smallest absolute Gasteiger partial charge is 0.219 e. The first-order valence-electron chi connectivity index (χ1n) is 4.67. The van der Waals surface area contributed by atoms with E-state index in [9.17, 15) is 4.79 Å². The average Bonchev–Trinajstić information content (AvgIpc) is 2.61. The highest BCUT2D eigenvalue weighted by molar-refractivity contribution is 6.30. The molecule has 0 radical (unpaired) electrons. The second kappa shape index (κ2) is 3.28. The summed E-state index contributed by atoms with van der Waals surface area (Å²) in [7, 11) is 0. The van der Waals surface area contributed by atoms with E-state index in [0.29, 0.717) is 10.8 Å². The first-order valence-corrected chi connectivity index (χ1v) is 5.04. The maximum Gasteiger partial charge on any atom is 0.219 e. The maximum absolute atomic E-state index is 11.1. The van der Waals surface area contributed by atoms with E-state index in [1.165, 1.54) is 4.57 Å². The summed E-state index contributed by atoms with van der Waals surface area (Å²) < 4.78 is 1.47. The van der Waals surface area contributed by atoms with Gasteiger partial charge in [0.05, 0.1) is 5.52 Å². The van der Waals surface area contributed by atoms with Crippen LogP contribution in [0.2, 0.25) is 5.15 Å². The molecule has 0 atom stereocenters. The molecule has 0 aromatic carbocycles. The number of halogens is 1. The lowest BCUT2D eigenvalue weighted by molar-refractivity contribution is 0.550. The summed E-state index contributed by atoms with van der Waals surface area (Å²) in [5, 5.41) is 2.14. The molecule has 0 saturated carbocycles. The van der Waals surface area contributed by atoms with Crippen LogP contribution in [0.15, 0.2) is 30.6 Å². The molecule has 3 aromatic heterocycles. The first kappa shape index (κ1) is 9.30. The summed E-state index contributed by atoms with van der Waals surface area (Å²) in [6.07, 6.45) is 4.09. The molecule has 0 aliphatic heterocycles. The minimum atomic E-state index is 0.367. The molecule has 16 heavy (non-hydrogen) atoms. The summed E-state index contributed by atoms with van der Waals surface area (Å²) >= 11 is 5.82. The Balaban J connectivity index is 2.63. The van der Waals surface area contributed by atoms with E-state index >= 15 is 0 Å². The lowest BCUT2D eigenvalue weighted by atomic mass is 10.2. The van der Waals surface area contributed by atoms with Crippen LogP contribution in [0.5, 0.6) is 0 Å². The van der Waals surface area contributed by atoms with Gasteiger partial charge in [0, 0.05) is 23.2 Å². The van der Waals surface area contributed by atoms with E-state index in [-0.39, 0.29) is 0 Å². The zero-order chi connectivity index (χ0) is 11.1. The predicted octanol–water partition coefficient (Wildman–Crippen LogP) is 2.28. The molecule has 5 heteroatoms. The topological polar surface area (TPSA) is 47.8 Å². The Labute approximate surface area is 95.5 Å². The van der Waals surface area contributed by atoms with Crippen molar-refractivity contribution in [2.75, 3.05) is 0 Å². The summed E-state index contributed by atoms with van der Waals surface area (Å²) in [6.45, 7) is 0. The number of fused-ring (bicyclic) bond motifs is 3. The zero-order valence-electron chi connectivity index (χ0n) is 8.09. The molecule has 0 saturated heterocycles. The number of hydrogen-bond donors (Lipinski definition) is 0. The maximum atomic E-state index is 11.1. The standard InChI is InChI=1S/C11H6ClN3O/c12-10-2-1-7-8-5-13-4-3-9(8)15(6-16)11(7)14-10/h1-6H. The summed E-state index contributed by atoms with van der Waals surface area (Å²) in [6, 6.07) is 5.32. The third-order valence-electron chi connectivity index (χ3n) is 2.52. The SMILES string of the molecule is O=Cn1c2ccncc2c2ccc(Cl)nc21. The summed E-state index contributed by atoms with van der Waals surface area (Å²) in [5.74, 6) is 0. The van der Waals surface area contributed by atoms with Crippen molar-refractivity contribution < 1.29 is 4.79 Å². The number of carbonyl (C=O) groups is 1. The number of rotatable bonds is 1. The molecule has 78 valence electrons. The Morgan fingerprint density at radius 2 is 2.12 bits per heavy atom. The molecule has 0 aliphatic carbocycles. The van der Waals surface area contributed by atoms with Gasteiger partial charge < -0.3 is 0 Å². The molecule has 0 unspecified atom stereocenters. The van der Waals surface area contributed by atoms with Gasteiger partial charge in [-0.1, -0.05) is 11.6 Å². The third kappa shape index (κ3) is 1.13. The van der Waals surface area contributed by atoms with E-state index in [4.69, 9.17) is 11.6 Å². The van der Waals surface area contributed by atoms with Crippen molar-refractivity contribution in [3.8, 4) is 0 Å². The molecule has 3 rings (SSSR count). The van der Waals surface area contributed by atoms with Gasteiger partial charge in [0.15, 0.2) is 0 Å². The van der Waals surface area contributed by atoms with Crippen molar-refractivity contribution in [2.45, 2.75) is 0 Å². The number of carbonyl (C=O) groups excluding carboxylic acids is 1. The molecule has 3 heterocycles. The Kier molecular flexibility index (Phi) is 1.91. The fourth-order valence-electron chi connectivity index (χ4n) is 1.84.